The van der Waals surface area contributed by atoms with Crippen LogP contribution in [0.25, 0.3) is 0 Å². The molecule has 0 bridgehead atoms. The number of hydrogen-bond donors (Lipinski definition) is 1. The Morgan fingerprint density at radius 3 is 2.23 bits per heavy atom. The minimum Gasteiger partial charge on any atom is -0.508 e. The molecule has 0 aliphatic carbocycles. The SMILES string of the molecule is CC1CO1.Cc1ccc(C)c(O)c1. The van der Waals surface area contributed by atoms with E-state index in [1.54, 1.807) is 6.07 Å². The van der Waals surface area contributed by atoms with Gasteiger partial charge in [0, 0.05) is 0 Å². The molecule has 1 unspecified atom stereocenters. The van der Waals surface area contributed by atoms with E-state index in [0.717, 1.165) is 17.7 Å². The molecule has 1 N–H and O–H groups in total. The molecule has 2 rings (SSSR count). The van der Waals surface area contributed by atoms with Crippen LogP contribution in [0, 0.1) is 13.8 Å². The number of aromatic hydroxyl groups is 1. The first kappa shape index (κ1) is 10.1. The van der Waals surface area contributed by atoms with Crippen molar-refractivity contribution in [3.05, 3.63) is 29.3 Å². The van der Waals surface area contributed by atoms with Gasteiger partial charge in [0.2, 0.25) is 0 Å². The van der Waals surface area contributed by atoms with Crippen LogP contribution in [0.2, 0.25) is 0 Å². The van der Waals surface area contributed by atoms with Crippen LogP contribution < -0.4 is 0 Å². The lowest BCUT2D eigenvalue weighted by atomic mass is 10.1. The number of aryl methyl sites for hydroxylation is 2. The molecule has 72 valence electrons. The predicted octanol–water partition coefficient (Wildman–Crippen LogP) is 2.41. The maximum atomic E-state index is 9.10. The highest BCUT2D eigenvalue weighted by atomic mass is 16.6. The van der Waals surface area contributed by atoms with Gasteiger partial charge >= 0.3 is 0 Å². The number of benzene rings is 1. The fourth-order valence-electron chi connectivity index (χ4n) is 0.816. The molecule has 1 aromatic carbocycles. The summed E-state index contributed by atoms with van der Waals surface area (Å²) in [6.07, 6.45) is 0.583. The van der Waals surface area contributed by atoms with Crippen molar-refractivity contribution in [3.8, 4) is 5.75 Å². The molecule has 2 heteroatoms. The van der Waals surface area contributed by atoms with E-state index >= 15 is 0 Å². The van der Waals surface area contributed by atoms with Crippen LogP contribution in [0.3, 0.4) is 0 Å². The zero-order valence-electron chi connectivity index (χ0n) is 8.37. The third kappa shape index (κ3) is 3.95. The molecule has 1 saturated heterocycles. The number of phenols is 1. The highest BCUT2D eigenvalue weighted by Crippen LogP contribution is 2.15. The van der Waals surface area contributed by atoms with Crippen molar-refractivity contribution in [2.45, 2.75) is 26.9 Å². The van der Waals surface area contributed by atoms with Gasteiger partial charge in [0.1, 0.15) is 5.75 Å². The molecule has 1 atom stereocenters. The predicted molar refractivity (Wildman–Crippen MR) is 53.0 cm³/mol. The summed E-state index contributed by atoms with van der Waals surface area (Å²) in [5.74, 6) is 0.384. The van der Waals surface area contributed by atoms with Crippen molar-refractivity contribution >= 4 is 0 Å². The van der Waals surface area contributed by atoms with Crippen molar-refractivity contribution in [2.24, 2.45) is 0 Å². The summed E-state index contributed by atoms with van der Waals surface area (Å²) in [5.41, 5.74) is 2.03. The molecular weight excluding hydrogens is 164 g/mol. The molecular formula is C11H16O2. The molecule has 0 saturated carbocycles. The molecule has 1 aromatic rings. The maximum Gasteiger partial charge on any atom is 0.118 e. The molecule has 0 amide bonds. The van der Waals surface area contributed by atoms with Gasteiger partial charge in [-0.1, -0.05) is 12.1 Å². The molecule has 1 heterocycles. The third-order valence-corrected chi connectivity index (χ3v) is 1.86. The number of phenolic OH excluding ortho intramolecular Hbond substituents is 1. The van der Waals surface area contributed by atoms with E-state index in [1.807, 2.05) is 26.0 Å². The number of hydrogen-bond acceptors (Lipinski definition) is 2. The topological polar surface area (TPSA) is 32.8 Å². The average Bonchev–Trinajstić information content (AvgIpc) is 2.82. The Hall–Kier alpha value is -1.02. The van der Waals surface area contributed by atoms with Gasteiger partial charge in [0.25, 0.3) is 0 Å². The van der Waals surface area contributed by atoms with Crippen LogP contribution in [0.15, 0.2) is 18.2 Å². The first-order valence-corrected chi connectivity index (χ1v) is 4.47. The largest absolute Gasteiger partial charge is 0.508 e. The Morgan fingerprint density at radius 1 is 1.38 bits per heavy atom. The van der Waals surface area contributed by atoms with Crippen LogP contribution in [-0.2, 0) is 4.74 Å². The quantitative estimate of drug-likeness (QED) is 0.622. The van der Waals surface area contributed by atoms with E-state index in [1.165, 1.54) is 0 Å². The van der Waals surface area contributed by atoms with E-state index in [9.17, 15) is 0 Å². The first-order chi connectivity index (χ1) is 6.09. The molecule has 0 aromatic heterocycles. The molecule has 1 aliphatic heterocycles. The molecule has 1 fully saturated rings. The summed E-state index contributed by atoms with van der Waals surface area (Å²) in [5, 5.41) is 9.10. The summed E-state index contributed by atoms with van der Waals surface area (Å²) in [6, 6.07) is 5.65. The lowest BCUT2D eigenvalue weighted by molar-refractivity contribution is 0.423. The molecule has 2 nitrogen and oxygen atoms in total. The van der Waals surface area contributed by atoms with E-state index in [2.05, 4.69) is 6.92 Å². The Balaban J connectivity index is 0.000000175. The summed E-state index contributed by atoms with van der Waals surface area (Å²) >= 11 is 0. The third-order valence-electron chi connectivity index (χ3n) is 1.86. The van der Waals surface area contributed by atoms with E-state index < -0.39 is 0 Å². The highest BCUT2D eigenvalue weighted by Gasteiger charge is 2.13. The zero-order chi connectivity index (χ0) is 9.84. The van der Waals surface area contributed by atoms with Gasteiger partial charge in [0.05, 0.1) is 12.7 Å². The van der Waals surface area contributed by atoms with Crippen molar-refractivity contribution in [1.82, 2.24) is 0 Å². The standard InChI is InChI=1S/C8H10O.C3H6O/c1-6-3-4-7(2)8(9)5-6;1-3-2-4-3/h3-5,9H,1-2H3;3H,2H2,1H3. The normalized spacial score (nSPS) is 18.8. The van der Waals surface area contributed by atoms with Gasteiger partial charge in [-0.05, 0) is 38.0 Å². The zero-order valence-corrected chi connectivity index (χ0v) is 8.37. The second-order valence-corrected chi connectivity index (χ2v) is 3.43. The Kier molecular flexibility index (Phi) is 3.32. The lowest BCUT2D eigenvalue weighted by Crippen LogP contribution is -1.74. The van der Waals surface area contributed by atoms with Gasteiger partial charge in [-0.15, -0.1) is 0 Å². The summed E-state index contributed by atoms with van der Waals surface area (Å²) < 4.78 is 4.71. The van der Waals surface area contributed by atoms with E-state index in [4.69, 9.17) is 9.84 Å². The van der Waals surface area contributed by atoms with Crippen molar-refractivity contribution in [1.29, 1.82) is 0 Å². The van der Waals surface area contributed by atoms with E-state index in [-0.39, 0.29) is 0 Å². The summed E-state index contributed by atoms with van der Waals surface area (Å²) in [7, 11) is 0. The number of epoxide rings is 1. The number of ether oxygens (including phenoxy) is 1. The van der Waals surface area contributed by atoms with Crippen LogP contribution in [0.1, 0.15) is 18.1 Å². The fourth-order valence-corrected chi connectivity index (χ4v) is 0.816. The minimum atomic E-state index is 0.384. The van der Waals surface area contributed by atoms with Gasteiger partial charge in [-0.2, -0.15) is 0 Å². The highest BCUT2D eigenvalue weighted by molar-refractivity contribution is 5.34. The smallest absolute Gasteiger partial charge is 0.118 e. The van der Waals surface area contributed by atoms with Crippen LogP contribution in [0.4, 0.5) is 0 Å². The molecule has 13 heavy (non-hydrogen) atoms. The van der Waals surface area contributed by atoms with Gasteiger partial charge in [0.15, 0.2) is 0 Å². The van der Waals surface area contributed by atoms with E-state index in [0.29, 0.717) is 11.9 Å². The van der Waals surface area contributed by atoms with Crippen molar-refractivity contribution in [3.63, 3.8) is 0 Å². The maximum absolute atomic E-state index is 9.10. The van der Waals surface area contributed by atoms with Gasteiger partial charge < -0.3 is 9.84 Å². The molecule has 0 spiro atoms. The fraction of sp³-hybridized carbons (Fsp3) is 0.455. The average molecular weight is 180 g/mol. The van der Waals surface area contributed by atoms with Crippen LogP contribution >= 0.6 is 0 Å². The monoisotopic (exact) mass is 180 g/mol. The Bertz CT molecular complexity index is 277. The number of rotatable bonds is 0. The van der Waals surface area contributed by atoms with Crippen LogP contribution in [-0.4, -0.2) is 17.8 Å². The van der Waals surface area contributed by atoms with Gasteiger partial charge in [-0.3, -0.25) is 0 Å². The Labute approximate surface area is 79.2 Å². The second-order valence-electron chi connectivity index (χ2n) is 3.43. The summed E-state index contributed by atoms with van der Waals surface area (Å²) in [6.45, 7) is 6.88. The van der Waals surface area contributed by atoms with Crippen molar-refractivity contribution in [2.75, 3.05) is 6.61 Å². The van der Waals surface area contributed by atoms with Crippen molar-refractivity contribution < 1.29 is 9.84 Å². The first-order valence-electron chi connectivity index (χ1n) is 4.47. The minimum absolute atomic E-state index is 0.384. The van der Waals surface area contributed by atoms with Crippen LogP contribution in [0.5, 0.6) is 5.75 Å². The molecule has 0 radical (unpaired) electrons. The Morgan fingerprint density at radius 2 is 1.92 bits per heavy atom. The lowest BCUT2D eigenvalue weighted by Gasteiger charge is -1.97. The second kappa shape index (κ2) is 4.28. The van der Waals surface area contributed by atoms with Gasteiger partial charge in [-0.25, -0.2) is 0 Å². The molecule has 1 aliphatic rings. The summed E-state index contributed by atoms with van der Waals surface area (Å²) in [4.78, 5) is 0.